The number of allylic oxidation sites excluding steroid dienone is 1. The molecule has 3 amide bonds. The minimum absolute atomic E-state index is 0.0473. The number of carbonyl (C=O) groups is 3. The van der Waals surface area contributed by atoms with Crippen molar-refractivity contribution in [3.63, 3.8) is 0 Å². The maximum atomic E-state index is 15.1. The van der Waals surface area contributed by atoms with Gasteiger partial charge in [-0.15, -0.1) is 0 Å². The Hall–Kier alpha value is -4.93. The number of likely N-dealkylation sites (N-methyl/N-ethyl adjacent to an activating group) is 2. The van der Waals surface area contributed by atoms with Crippen molar-refractivity contribution in [3.05, 3.63) is 95.9 Å². The zero-order valence-corrected chi connectivity index (χ0v) is 29.3. The van der Waals surface area contributed by atoms with Crippen molar-refractivity contribution >= 4 is 24.1 Å². The molecule has 2 aromatic rings. The fraction of sp³-hybridized carbons (Fsp3) is 0.436. The first-order chi connectivity index (χ1) is 24.3. The first kappa shape index (κ1) is 36.4. The monoisotopic (exact) mass is 685 g/mol. The van der Waals surface area contributed by atoms with Gasteiger partial charge in [-0.3, -0.25) is 19.3 Å². The van der Waals surface area contributed by atoms with Crippen LogP contribution in [-0.4, -0.2) is 78.2 Å². The number of nitrogens with zero attached hydrogens (tertiary/aromatic N) is 4. The number of likely N-dealkylation sites (tertiary alicyclic amines) is 1. The lowest BCUT2D eigenvalue weighted by molar-refractivity contribution is -0.139. The van der Waals surface area contributed by atoms with E-state index in [1.165, 1.54) is 67.8 Å². The maximum absolute atomic E-state index is 15.1. The molecule has 266 valence electrons. The molecule has 1 saturated heterocycles. The second-order valence-corrected chi connectivity index (χ2v) is 12.9. The molecule has 3 heterocycles. The first-order valence-corrected chi connectivity index (χ1v) is 17.6. The summed E-state index contributed by atoms with van der Waals surface area (Å²) in [5.74, 6) is 0.817. The molecule has 1 saturated carbocycles. The highest BCUT2D eigenvalue weighted by molar-refractivity contribution is 5.95. The zero-order chi connectivity index (χ0) is 35.6. The van der Waals surface area contributed by atoms with E-state index in [1.807, 2.05) is 17.9 Å². The number of amides is 3. The summed E-state index contributed by atoms with van der Waals surface area (Å²) in [7, 11) is 1.52. The van der Waals surface area contributed by atoms with E-state index >= 15 is 4.39 Å². The average molecular weight is 686 g/mol. The molecule has 2 aromatic carbocycles. The lowest BCUT2D eigenvalue weighted by atomic mass is 9.72. The standard InChI is InChI=1S/C34H39FN4O4.C5H9NO/c1-5-31-37-32(17-18-39(31)22(3)33(40)36-4)43-30-20-29-25(19-27(30)35)15-16-28(42-29)34(41)38(6-2)21-26(24-13-10-14-24)23-11-8-7-9-12-23;7-5-6-3-1-2-4-6/h5,7-9,11-12,17-20,24,26,28H,3,6,10,13-16,21H2,1-2,4H3,(H,36,40);5H,1-4H2/b31-5-;. The van der Waals surface area contributed by atoms with E-state index in [9.17, 15) is 14.4 Å². The van der Waals surface area contributed by atoms with Crippen LogP contribution in [0.15, 0.2) is 83.9 Å². The van der Waals surface area contributed by atoms with E-state index in [4.69, 9.17) is 9.47 Å². The van der Waals surface area contributed by atoms with Crippen LogP contribution < -0.4 is 14.8 Å². The topological polar surface area (TPSA) is 104 Å². The van der Waals surface area contributed by atoms with Gasteiger partial charge in [-0.25, -0.2) is 4.39 Å². The molecule has 2 unspecified atom stereocenters. The number of ether oxygens (including phenoxy) is 2. The van der Waals surface area contributed by atoms with E-state index in [-0.39, 0.29) is 29.2 Å². The molecule has 0 aromatic heterocycles. The lowest BCUT2D eigenvalue weighted by Gasteiger charge is -2.38. The molecule has 2 atom stereocenters. The second kappa shape index (κ2) is 17.1. The van der Waals surface area contributed by atoms with Crippen LogP contribution in [0.2, 0.25) is 0 Å². The molecule has 0 radical (unpaired) electrons. The minimum atomic E-state index is -0.658. The summed E-state index contributed by atoms with van der Waals surface area (Å²) in [4.78, 5) is 45.4. The van der Waals surface area contributed by atoms with Gasteiger partial charge < -0.3 is 24.6 Å². The molecule has 6 rings (SSSR count). The molecule has 11 heteroatoms. The molecule has 4 aliphatic rings. The van der Waals surface area contributed by atoms with Gasteiger partial charge in [0.2, 0.25) is 12.3 Å². The molecule has 3 aliphatic heterocycles. The Bertz CT molecular complexity index is 1630. The van der Waals surface area contributed by atoms with Gasteiger partial charge in [-0.05, 0) is 81.6 Å². The minimum Gasteiger partial charge on any atom is -0.480 e. The van der Waals surface area contributed by atoms with Crippen molar-refractivity contribution in [1.29, 1.82) is 0 Å². The highest BCUT2D eigenvalue weighted by Gasteiger charge is 2.35. The van der Waals surface area contributed by atoms with Gasteiger partial charge >= 0.3 is 0 Å². The van der Waals surface area contributed by atoms with Gasteiger partial charge in [0.1, 0.15) is 17.3 Å². The smallest absolute Gasteiger partial charge is 0.267 e. The number of aliphatic imine (C=N–C) groups is 1. The number of fused-ring (bicyclic) bond motifs is 1. The van der Waals surface area contributed by atoms with Crippen LogP contribution in [0.4, 0.5) is 4.39 Å². The molecule has 10 nitrogen and oxygen atoms in total. The van der Waals surface area contributed by atoms with Crippen molar-refractivity contribution in [1.82, 2.24) is 20.0 Å². The Morgan fingerprint density at radius 2 is 1.90 bits per heavy atom. The predicted molar refractivity (Wildman–Crippen MR) is 191 cm³/mol. The van der Waals surface area contributed by atoms with Crippen LogP contribution in [-0.2, 0) is 20.8 Å². The summed E-state index contributed by atoms with van der Waals surface area (Å²) in [6, 6.07) is 13.3. The van der Waals surface area contributed by atoms with Gasteiger partial charge in [-0.2, -0.15) is 4.99 Å². The number of hydrogen-bond donors (Lipinski definition) is 1. The first-order valence-electron chi connectivity index (χ1n) is 17.6. The van der Waals surface area contributed by atoms with Crippen molar-refractivity contribution < 1.29 is 28.2 Å². The Morgan fingerprint density at radius 3 is 2.50 bits per heavy atom. The molecule has 1 N–H and O–H groups in total. The number of benzene rings is 2. The SMILES string of the molecule is C=C(C(=O)NC)N1C=CC(Oc2cc3c(cc2F)CCC(C(=O)N(CC)CC(c2ccccc2)C2CCC2)O3)=N/C1=C/C.O=CN1CCCC1. The van der Waals surface area contributed by atoms with Gasteiger partial charge in [0.15, 0.2) is 17.7 Å². The Morgan fingerprint density at radius 1 is 1.16 bits per heavy atom. The number of rotatable bonds is 10. The number of hydrogen-bond acceptors (Lipinski definition) is 7. The molecule has 50 heavy (non-hydrogen) atoms. The summed E-state index contributed by atoms with van der Waals surface area (Å²) >= 11 is 0. The van der Waals surface area contributed by atoms with Crippen LogP contribution >= 0.6 is 0 Å². The van der Waals surface area contributed by atoms with Gasteiger partial charge in [0.05, 0.1) is 0 Å². The largest absolute Gasteiger partial charge is 0.480 e. The highest BCUT2D eigenvalue weighted by atomic mass is 19.1. The molecule has 1 aliphatic carbocycles. The summed E-state index contributed by atoms with van der Waals surface area (Å²) < 4.78 is 27.1. The number of nitrogens with one attached hydrogen (secondary N) is 1. The fourth-order valence-corrected chi connectivity index (χ4v) is 6.64. The van der Waals surface area contributed by atoms with Crippen molar-refractivity contribution in [2.75, 3.05) is 33.2 Å². The van der Waals surface area contributed by atoms with E-state index in [2.05, 4.69) is 41.2 Å². The third-order valence-electron chi connectivity index (χ3n) is 9.77. The third kappa shape index (κ3) is 8.61. The van der Waals surface area contributed by atoms with E-state index in [0.717, 1.165) is 19.5 Å². The molecule has 2 fully saturated rings. The number of halogens is 1. The van der Waals surface area contributed by atoms with Crippen molar-refractivity contribution in [2.24, 2.45) is 10.9 Å². The van der Waals surface area contributed by atoms with Crippen LogP contribution in [0.5, 0.6) is 11.5 Å². The number of aryl methyl sites for hydroxylation is 1. The summed E-state index contributed by atoms with van der Waals surface area (Å²) in [6.07, 6.45) is 12.1. The maximum Gasteiger partial charge on any atom is 0.267 e. The van der Waals surface area contributed by atoms with Crippen LogP contribution in [0.25, 0.3) is 0 Å². The highest BCUT2D eigenvalue weighted by Crippen LogP contribution is 2.40. The third-order valence-corrected chi connectivity index (χ3v) is 9.77. The van der Waals surface area contributed by atoms with Gasteiger partial charge in [0, 0.05) is 57.5 Å². The Kier molecular flexibility index (Phi) is 12.5. The quantitative estimate of drug-likeness (QED) is 0.246. The van der Waals surface area contributed by atoms with Crippen LogP contribution in [0.3, 0.4) is 0 Å². The van der Waals surface area contributed by atoms with Gasteiger partial charge in [-0.1, -0.05) is 43.3 Å². The molecular formula is C39H48FN5O5. The second-order valence-electron chi connectivity index (χ2n) is 12.9. The van der Waals surface area contributed by atoms with Crippen LogP contribution in [0, 0.1) is 11.7 Å². The fourth-order valence-electron chi connectivity index (χ4n) is 6.64. The zero-order valence-electron chi connectivity index (χ0n) is 29.3. The Balaban J connectivity index is 0.000000619. The van der Waals surface area contributed by atoms with Crippen molar-refractivity contribution in [2.45, 2.75) is 70.8 Å². The molecule has 0 bridgehead atoms. The average Bonchev–Trinajstić information content (AvgIpc) is 3.67. The van der Waals surface area contributed by atoms with Gasteiger partial charge in [0.25, 0.3) is 11.8 Å². The van der Waals surface area contributed by atoms with Crippen molar-refractivity contribution in [3.8, 4) is 11.5 Å². The van der Waals surface area contributed by atoms with E-state index in [0.29, 0.717) is 54.9 Å². The summed E-state index contributed by atoms with van der Waals surface area (Å²) in [5.41, 5.74) is 2.15. The summed E-state index contributed by atoms with van der Waals surface area (Å²) in [5, 5.41) is 2.53. The van der Waals surface area contributed by atoms with Crippen LogP contribution in [0.1, 0.15) is 69.4 Å². The van der Waals surface area contributed by atoms with E-state index < -0.39 is 11.9 Å². The number of carbonyl (C=O) groups excluding carboxylic acids is 3. The molecule has 0 spiro atoms. The normalized spacial score (nSPS) is 19.6. The molecular weight excluding hydrogens is 637 g/mol. The predicted octanol–water partition coefficient (Wildman–Crippen LogP) is 5.92. The Labute approximate surface area is 294 Å². The van der Waals surface area contributed by atoms with E-state index in [1.54, 1.807) is 24.1 Å². The summed E-state index contributed by atoms with van der Waals surface area (Å²) in [6.45, 7) is 10.8. The lowest BCUT2D eigenvalue weighted by Crippen LogP contribution is -2.46.